The van der Waals surface area contributed by atoms with E-state index in [-0.39, 0.29) is 24.5 Å². The first-order valence-electron chi connectivity index (χ1n) is 7.77. The van der Waals surface area contributed by atoms with Crippen molar-refractivity contribution in [3.05, 3.63) is 18.0 Å². The molecule has 0 atom stereocenters. The van der Waals surface area contributed by atoms with E-state index in [1.807, 2.05) is 0 Å². The number of carboxylic acids is 1. The number of nitrogens with zero attached hydrogens (tertiary/aromatic N) is 3. The average Bonchev–Trinajstić information content (AvgIpc) is 3.11. The molecule has 7 heteroatoms. The van der Waals surface area contributed by atoms with Gasteiger partial charge < -0.3 is 10.4 Å². The highest BCUT2D eigenvalue weighted by Crippen LogP contribution is 2.33. The van der Waals surface area contributed by atoms with Crippen LogP contribution in [-0.2, 0) is 11.8 Å². The Hall–Kier alpha value is -1.89. The monoisotopic (exact) mass is 306 g/mol. The summed E-state index contributed by atoms with van der Waals surface area (Å²) in [6.07, 6.45) is 5.67. The Morgan fingerprint density at radius 2 is 2.18 bits per heavy atom. The summed E-state index contributed by atoms with van der Waals surface area (Å²) in [7, 11) is 1.74. The number of hydrogen-bond acceptors (Lipinski definition) is 4. The predicted molar refractivity (Wildman–Crippen MR) is 79.4 cm³/mol. The van der Waals surface area contributed by atoms with Crippen molar-refractivity contribution < 1.29 is 14.7 Å². The molecular formula is C15H22N4O3. The second kappa shape index (κ2) is 6.08. The van der Waals surface area contributed by atoms with Crippen LogP contribution in [0.3, 0.4) is 0 Å². The molecule has 1 heterocycles. The Morgan fingerprint density at radius 1 is 1.45 bits per heavy atom. The lowest BCUT2D eigenvalue weighted by molar-refractivity contribution is -0.139. The first-order valence-corrected chi connectivity index (χ1v) is 7.77. The van der Waals surface area contributed by atoms with E-state index in [2.05, 4.69) is 15.3 Å². The van der Waals surface area contributed by atoms with Gasteiger partial charge in [0.25, 0.3) is 5.91 Å². The number of rotatable bonds is 7. The van der Waals surface area contributed by atoms with Gasteiger partial charge in [0, 0.05) is 31.9 Å². The van der Waals surface area contributed by atoms with Crippen LogP contribution in [0, 0.1) is 5.92 Å². The minimum Gasteiger partial charge on any atom is -0.480 e. The van der Waals surface area contributed by atoms with E-state index in [1.54, 1.807) is 24.0 Å². The highest BCUT2D eigenvalue weighted by Gasteiger charge is 2.37. The molecule has 2 aliphatic carbocycles. The van der Waals surface area contributed by atoms with Crippen molar-refractivity contribution >= 4 is 11.9 Å². The number of carbonyl (C=O) groups excluding carboxylic acids is 1. The zero-order valence-electron chi connectivity index (χ0n) is 12.7. The number of nitrogens with one attached hydrogen (secondary N) is 1. The normalized spacial score (nSPS) is 24.1. The van der Waals surface area contributed by atoms with Crippen LogP contribution in [0.4, 0.5) is 0 Å². The maximum atomic E-state index is 12.1. The standard InChI is InChI=1S/C15H22N4O3/c1-18-13(4-5-16-18)15(22)17-11-6-12(7-11)19(9-14(20)21)8-10-2-3-10/h4-5,10-12H,2-3,6-9H2,1H3,(H,17,22)(H,20,21). The number of hydrogen-bond donors (Lipinski definition) is 2. The van der Waals surface area contributed by atoms with Crippen LogP contribution in [0.2, 0.25) is 0 Å². The van der Waals surface area contributed by atoms with Crippen molar-refractivity contribution in [2.45, 2.75) is 37.8 Å². The third-order valence-electron chi connectivity index (χ3n) is 4.55. The Balaban J connectivity index is 1.48. The number of carboxylic acid groups (broad SMARTS) is 1. The first kappa shape index (κ1) is 15.0. The van der Waals surface area contributed by atoms with Crippen molar-refractivity contribution in [3.63, 3.8) is 0 Å². The average molecular weight is 306 g/mol. The van der Waals surface area contributed by atoms with Gasteiger partial charge in [-0.3, -0.25) is 19.2 Å². The molecule has 2 aliphatic rings. The highest BCUT2D eigenvalue weighted by atomic mass is 16.4. The van der Waals surface area contributed by atoms with Crippen molar-refractivity contribution in [2.24, 2.45) is 13.0 Å². The van der Waals surface area contributed by atoms with Crippen molar-refractivity contribution in [1.82, 2.24) is 20.0 Å². The van der Waals surface area contributed by atoms with Crippen LogP contribution >= 0.6 is 0 Å². The third kappa shape index (κ3) is 3.47. The Morgan fingerprint density at radius 3 is 2.73 bits per heavy atom. The summed E-state index contributed by atoms with van der Waals surface area (Å²) in [6.45, 7) is 0.975. The number of carbonyl (C=O) groups is 2. The van der Waals surface area contributed by atoms with Gasteiger partial charge in [-0.15, -0.1) is 0 Å². The van der Waals surface area contributed by atoms with E-state index in [0.29, 0.717) is 11.6 Å². The van der Waals surface area contributed by atoms with Gasteiger partial charge in [0.05, 0.1) is 6.54 Å². The first-order chi connectivity index (χ1) is 10.5. The number of aryl methyl sites for hydroxylation is 1. The minimum absolute atomic E-state index is 0.101. The minimum atomic E-state index is -0.775. The summed E-state index contributed by atoms with van der Waals surface area (Å²) in [5.41, 5.74) is 0.545. The number of amides is 1. The van der Waals surface area contributed by atoms with Crippen LogP contribution in [-0.4, -0.2) is 56.8 Å². The van der Waals surface area contributed by atoms with Gasteiger partial charge in [0.15, 0.2) is 0 Å². The molecule has 22 heavy (non-hydrogen) atoms. The fourth-order valence-electron chi connectivity index (χ4n) is 3.01. The molecule has 0 bridgehead atoms. The van der Waals surface area contributed by atoms with Crippen molar-refractivity contribution in [3.8, 4) is 0 Å². The molecule has 7 nitrogen and oxygen atoms in total. The predicted octanol–water partition coefficient (Wildman–Crippen LogP) is 0.478. The van der Waals surface area contributed by atoms with Crippen LogP contribution in [0.1, 0.15) is 36.2 Å². The molecule has 1 aromatic rings. The molecule has 120 valence electrons. The molecule has 1 amide bonds. The maximum absolute atomic E-state index is 12.1. The van der Waals surface area contributed by atoms with E-state index >= 15 is 0 Å². The molecule has 0 aromatic carbocycles. The molecule has 0 aliphatic heterocycles. The highest BCUT2D eigenvalue weighted by molar-refractivity contribution is 5.92. The van der Waals surface area contributed by atoms with Crippen LogP contribution in [0.25, 0.3) is 0 Å². The second-order valence-corrected chi connectivity index (χ2v) is 6.40. The maximum Gasteiger partial charge on any atom is 0.317 e. The van der Waals surface area contributed by atoms with Crippen LogP contribution in [0.15, 0.2) is 12.3 Å². The fraction of sp³-hybridized carbons (Fsp3) is 0.667. The summed E-state index contributed by atoms with van der Waals surface area (Å²) in [5.74, 6) is -0.221. The lowest BCUT2D eigenvalue weighted by Crippen LogP contribution is -2.55. The van der Waals surface area contributed by atoms with Gasteiger partial charge in [0.2, 0.25) is 0 Å². The smallest absolute Gasteiger partial charge is 0.317 e. The van der Waals surface area contributed by atoms with Crippen molar-refractivity contribution in [1.29, 1.82) is 0 Å². The van der Waals surface area contributed by atoms with E-state index in [9.17, 15) is 9.59 Å². The second-order valence-electron chi connectivity index (χ2n) is 6.40. The number of aliphatic carboxylic acids is 1. The molecule has 0 spiro atoms. The third-order valence-corrected chi connectivity index (χ3v) is 4.55. The molecular weight excluding hydrogens is 284 g/mol. The molecule has 0 unspecified atom stereocenters. The topological polar surface area (TPSA) is 87.5 Å². The van der Waals surface area contributed by atoms with Gasteiger partial charge >= 0.3 is 5.97 Å². The lowest BCUT2D eigenvalue weighted by Gasteiger charge is -2.42. The molecule has 2 N–H and O–H groups in total. The molecule has 0 radical (unpaired) electrons. The van der Waals surface area contributed by atoms with E-state index < -0.39 is 5.97 Å². The largest absolute Gasteiger partial charge is 0.480 e. The molecule has 2 saturated carbocycles. The van der Waals surface area contributed by atoms with E-state index in [4.69, 9.17) is 5.11 Å². The van der Waals surface area contributed by atoms with E-state index in [0.717, 1.165) is 19.4 Å². The number of aromatic nitrogens is 2. The molecule has 1 aromatic heterocycles. The summed E-state index contributed by atoms with van der Waals surface area (Å²) in [4.78, 5) is 25.1. The van der Waals surface area contributed by atoms with Gasteiger partial charge in [-0.2, -0.15) is 5.10 Å². The van der Waals surface area contributed by atoms with E-state index in [1.165, 1.54) is 12.8 Å². The molecule has 0 saturated heterocycles. The van der Waals surface area contributed by atoms with Gasteiger partial charge in [0.1, 0.15) is 5.69 Å². The molecule has 3 rings (SSSR count). The van der Waals surface area contributed by atoms with Crippen LogP contribution < -0.4 is 5.32 Å². The zero-order chi connectivity index (χ0) is 15.7. The zero-order valence-corrected chi connectivity index (χ0v) is 12.7. The summed E-state index contributed by atoms with van der Waals surface area (Å²) in [5, 5.41) is 16.0. The van der Waals surface area contributed by atoms with Crippen molar-refractivity contribution in [2.75, 3.05) is 13.1 Å². The Bertz CT molecular complexity index is 561. The van der Waals surface area contributed by atoms with Gasteiger partial charge in [-0.25, -0.2) is 0 Å². The molecule has 2 fully saturated rings. The van der Waals surface area contributed by atoms with Crippen LogP contribution in [0.5, 0.6) is 0 Å². The SMILES string of the molecule is Cn1nccc1C(=O)NC1CC(N(CC(=O)O)CC2CC2)C1. The Labute approximate surface area is 129 Å². The summed E-state index contributed by atoms with van der Waals surface area (Å²) < 4.78 is 1.55. The van der Waals surface area contributed by atoms with Gasteiger partial charge in [-0.1, -0.05) is 0 Å². The fourth-order valence-corrected chi connectivity index (χ4v) is 3.01. The summed E-state index contributed by atoms with van der Waals surface area (Å²) in [6, 6.07) is 2.09. The Kier molecular flexibility index (Phi) is 4.15. The quantitative estimate of drug-likeness (QED) is 0.765. The lowest BCUT2D eigenvalue weighted by atomic mass is 9.85. The van der Waals surface area contributed by atoms with Gasteiger partial charge in [-0.05, 0) is 37.7 Å². The summed E-state index contributed by atoms with van der Waals surface area (Å²) >= 11 is 0.